The monoisotopic (exact) mass is 1100 g/mol. The number of aliphatic hydroxyl groups is 3. The van der Waals surface area contributed by atoms with E-state index in [1.807, 2.05) is 24.3 Å². The van der Waals surface area contributed by atoms with E-state index in [-0.39, 0.29) is 83.9 Å². The van der Waals surface area contributed by atoms with Gasteiger partial charge in [-0.05, 0) is 24.0 Å². The molecule has 442 valence electrons. The van der Waals surface area contributed by atoms with E-state index in [2.05, 4.69) is 0 Å². The van der Waals surface area contributed by atoms with Crippen LogP contribution in [-0.2, 0) is 103 Å². The van der Waals surface area contributed by atoms with Crippen LogP contribution in [-0.4, -0.2) is 280 Å². The lowest BCUT2D eigenvalue weighted by atomic mass is 9.93. The SMILES string of the molecule is COCC1O[C@@H](O[C@H](C(OC)C(CN(Cc2cccc(CN(C[C@@H](OC)[C@H](OC)[C@@H](O[C@@H]3OC(CCO)[C@@H](OC)[C@@H](OC)C3OC)C(CCO)OC)C(C)=O)c2)C(C)=O)OC)[C@@H](CO)COC)C(OC)C(OC)[C@@H]1OC. The molecule has 0 saturated carbocycles. The molecule has 24 nitrogen and oxygen atoms in total. The predicted molar refractivity (Wildman–Crippen MR) is 272 cm³/mol. The topological polar surface area (TPSA) is 258 Å². The van der Waals surface area contributed by atoms with E-state index in [0.717, 1.165) is 11.1 Å². The Balaban J connectivity index is 1.94. The molecule has 2 aliphatic heterocycles. The number of hydrogen-bond donors (Lipinski definition) is 3. The molecule has 76 heavy (non-hydrogen) atoms. The molecule has 18 atom stereocenters. The first-order chi connectivity index (χ1) is 36.7. The number of amides is 2. The van der Waals surface area contributed by atoms with Gasteiger partial charge in [-0.15, -0.1) is 0 Å². The summed E-state index contributed by atoms with van der Waals surface area (Å²) in [5.74, 6) is -1.19. The number of aliphatic hydroxyl groups excluding tert-OH is 3. The average molecular weight is 1100 g/mol. The Bertz CT molecular complexity index is 1620. The molecule has 0 aliphatic carbocycles. The van der Waals surface area contributed by atoms with Crippen LogP contribution in [0.15, 0.2) is 24.3 Å². The van der Waals surface area contributed by atoms with Crippen molar-refractivity contribution in [3.8, 4) is 0 Å². The zero-order valence-corrected chi connectivity index (χ0v) is 47.5. The molecule has 2 saturated heterocycles. The summed E-state index contributed by atoms with van der Waals surface area (Å²) in [6.07, 6.45) is -13.2. The van der Waals surface area contributed by atoms with Gasteiger partial charge in [0.15, 0.2) is 12.6 Å². The summed E-state index contributed by atoms with van der Waals surface area (Å²) in [7, 11) is 19.6. The molecule has 24 heteroatoms. The lowest BCUT2D eigenvalue weighted by Gasteiger charge is -2.47. The smallest absolute Gasteiger partial charge is 0.219 e. The number of hydrogen-bond acceptors (Lipinski definition) is 22. The summed E-state index contributed by atoms with van der Waals surface area (Å²) >= 11 is 0. The van der Waals surface area contributed by atoms with Crippen molar-refractivity contribution in [1.29, 1.82) is 0 Å². The normalized spacial score (nSPS) is 27.2. The summed E-state index contributed by atoms with van der Waals surface area (Å²) < 4.78 is 103. The largest absolute Gasteiger partial charge is 0.396 e. The van der Waals surface area contributed by atoms with Crippen molar-refractivity contribution in [1.82, 2.24) is 9.80 Å². The zero-order valence-electron chi connectivity index (χ0n) is 47.5. The Kier molecular flexibility index (Phi) is 31.9. The van der Waals surface area contributed by atoms with Crippen molar-refractivity contribution in [3.63, 3.8) is 0 Å². The number of rotatable bonds is 38. The van der Waals surface area contributed by atoms with E-state index in [0.29, 0.717) is 0 Å². The fourth-order valence-corrected chi connectivity index (χ4v) is 10.3. The molecule has 3 N–H and O–H groups in total. The van der Waals surface area contributed by atoms with Crippen LogP contribution in [0.1, 0.15) is 37.8 Å². The molecular weight excluding hydrogens is 1000 g/mol. The number of benzene rings is 1. The van der Waals surface area contributed by atoms with Crippen molar-refractivity contribution < 1.29 is 105 Å². The maximum Gasteiger partial charge on any atom is 0.219 e. The second-order valence-electron chi connectivity index (χ2n) is 18.7. The van der Waals surface area contributed by atoms with Gasteiger partial charge in [0, 0.05) is 152 Å². The number of nitrogens with zero attached hydrogens (tertiary/aromatic N) is 2. The van der Waals surface area contributed by atoms with Crippen molar-refractivity contribution >= 4 is 11.8 Å². The van der Waals surface area contributed by atoms with Crippen molar-refractivity contribution in [3.05, 3.63) is 35.4 Å². The maximum absolute atomic E-state index is 13.5. The molecule has 3 rings (SSSR count). The average Bonchev–Trinajstić information content (AvgIpc) is 3.41. The van der Waals surface area contributed by atoms with E-state index in [4.69, 9.17) is 80.5 Å². The fourth-order valence-electron chi connectivity index (χ4n) is 10.3. The van der Waals surface area contributed by atoms with Gasteiger partial charge in [-0.3, -0.25) is 9.59 Å². The van der Waals surface area contributed by atoms with Gasteiger partial charge in [-0.25, -0.2) is 0 Å². The third kappa shape index (κ3) is 18.2. The first kappa shape index (κ1) is 67.6. The van der Waals surface area contributed by atoms with E-state index < -0.39 is 110 Å². The number of ether oxygens (including phenoxy) is 17. The Morgan fingerprint density at radius 1 is 0.539 bits per heavy atom. The molecular formula is C52H92N2O22. The van der Waals surface area contributed by atoms with Crippen molar-refractivity contribution in [2.45, 2.75) is 144 Å². The standard InChI is InChI=1S/C52H92N2O22/c1-31(58)53(26-38(63-6)43(66-9)41(35(28-57)29-60-3)75-52-50(72-15)48(70-13)45(68-11)40(74-52)30-61-4)24-33-17-16-18-34(23-33)25-54(32(2)59)27-39(64-7)44(67-10)46(36(62-5)19-21-55)76-51-49(71-14)47(69-12)42(65-8)37(73-51)20-22-56/h16-18,23,35-52,55-57H,19-22,24-30H2,1-15H3/t35-,36?,37?,38?,39+,40?,41-,42+,43?,44-,45+,46-,47+,48?,49?,50?,51-,52-/m0/s1. The molecule has 0 radical (unpaired) electrons. The fraction of sp³-hybridized carbons (Fsp3) is 0.846. The highest BCUT2D eigenvalue weighted by Crippen LogP contribution is 2.34. The molecule has 0 aromatic heterocycles. The van der Waals surface area contributed by atoms with E-state index in [1.165, 1.54) is 92.1 Å². The highest BCUT2D eigenvalue weighted by molar-refractivity contribution is 5.73. The third-order valence-electron chi connectivity index (χ3n) is 14.3. The molecule has 2 amide bonds. The van der Waals surface area contributed by atoms with Crippen LogP contribution in [0.5, 0.6) is 0 Å². The van der Waals surface area contributed by atoms with Gasteiger partial charge in [-0.1, -0.05) is 24.3 Å². The summed E-state index contributed by atoms with van der Waals surface area (Å²) in [6, 6.07) is 7.51. The van der Waals surface area contributed by atoms with Crippen LogP contribution >= 0.6 is 0 Å². The third-order valence-corrected chi connectivity index (χ3v) is 14.3. The Labute approximate surface area is 449 Å². The van der Waals surface area contributed by atoms with Gasteiger partial charge in [0.05, 0.1) is 38.1 Å². The first-order valence-electron chi connectivity index (χ1n) is 25.5. The molecule has 8 unspecified atom stereocenters. The molecule has 0 bridgehead atoms. The number of methoxy groups -OCH3 is 13. The molecule has 0 spiro atoms. The highest BCUT2D eigenvalue weighted by atomic mass is 16.7. The summed E-state index contributed by atoms with van der Waals surface area (Å²) in [5, 5.41) is 30.8. The molecule has 2 fully saturated rings. The maximum atomic E-state index is 13.5. The Morgan fingerprint density at radius 2 is 0.987 bits per heavy atom. The van der Waals surface area contributed by atoms with Gasteiger partial charge in [0.25, 0.3) is 0 Å². The van der Waals surface area contributed by atoms with E-state index >= 15 is 0 Å². The summed E-state index contributed by atoms with van der Waals surface area (Å²) in [6.45, 7) is 2.68. The van der Waals surface area contributed by atoms with Gasteiger partial charge in [0.2, 0.25) is 11.8 Å². The molecule has 2 aliphatic rings. The van der Waals surface area contributed by atoms with Crippen LogP contribution in [0, 0.1) is 5.92 Å². The van der Waals surface area contributed by atoms with Crippen molar-refractivity contribution in [2.24, 2.45) is 5.92 Å². The second kappa shape index (κ2) is 35.9. The van der Waals surface area contributed by atoms with E-state index in [9.17, 15) is 24.9 Å². The molecule has 2 heterocycles. The quantitative estimate of drug-likeness (QED) is 0.0812. The number of carbonyl (C=O) groups is 2. The summed E-state index contributed by atoms with van der Waals surface area (Å²) in [4.78, 5) is 30.3. The van der Waals surface area contributed by atoms with Crippen molar-refractivity contribution in [2.75, 3.05) is 139 Å². The lowest BCUT2D eigenvalue weighted by molar-refractivity contribution is -0.335. The van der Waals surface area contributed by atoms with Crippen LogP contribution in [0.25, 0.3) is 0 Å². The predicted octanol–water partition coefficient (Wildman–Crippen LogP) is 0.435. The minimum absolute atomic E-state index is 0.0284. The van der Waals surface area contributed by atoms with Crippen LogP contribution < -0.4 is 0 Å². The molecule has 1 aromatic rings. The van der Waals surface area contributed by atoms with Gasteiger partial charge in [-0.2, -0.15) is 0 Å². The molecule has 1 aromatic carbocycles. The highest BCUT2D eigenvalue weighted by Gasteiger charge is 2.52. The van der Waals surface area contributed by atoms with Crippen LogP contribution in [0.2, 0.25) is 0 Å². The van der Waals surface area contributed by atoms with Crippen LogP contribution in [0.4, 0.5) is 0 Å². The van der Waals surface area contributed by atoms with Gasteiger partial charge >= 0.3 is 0 Å². The lowest BCUT2D eigenvalue weighted by Crippen LogP contribution is -2.63. The second-order valence-corrected chi connectivity index (χ2v) is 18.7. The van der Waals surface area contributed by atoms with Gasteiger partial charge in [0.1, 0.15) is 73.2 Å². The van der Waals surface area contributed by atoms with Crippen LogP contribution in [0.3, 0.4) is 0 Å². The first-order valence-corrected chi connectivity index (χ1v) is 25.5. The zero-order chi connectivity index (χ0) is 56.5. The summed E-state index contributed by atoms with van der Waals surface area (Å²) in [5.41, 5.74) is 1.51. The van der Waals surface area contributed by atoms with E-state index in [1.54, 1.807) is 24.0 Å². The number of carbonyl (C=O) groups excluding carboxylic acids is 2. The van der Waals surface area contributed by atoms with Gasteiger partial charge < -0.3 is 106 Å². The minimum atomic E-state index is -1.08. The Hall–Kier alpha value is -2.64. The minimum Gasteiger partial charge on any atom is -0.396 e. The Morgan fingerprint density at radius 3 is 1.37 bits per heavy atom.